The van der Waals surface area contributed by atoms with Gasteiger partial charge in [0.2, 0.25) is 5.91 Å². The number of amides is 4. The smallest absolute Gasteiger partial charge is 0.325 e. The van der Waals surface area contributed by atoms with Gasteiger partial charge in [0.1, 0.15) is 22.7 Å². The van der Waals surface area contributed by atoms with E-state index in [1.165, 1.54) is 10.5 Å². The number of nitrogens with zero attached hydrogens (tertiary/aromatic N) is 4. The van der Waals surface area contributed by atoms with Crippen LogP contribution in [0.3, 0.4) is 0 Å². The van der Waals surface area contributed by atoms with Gasteiger partial charge in [0.05, 0.1) is 5.69 Å². The van der Waals surface area contributed by atoms with Crippen molar-refractivity contribution in [2.45, 2.75) is 52.0 Å². The van der Waals surface area contributed by atoms with E-state index in [9.17, 15) is 14.4 Å². The summed E-state index contributed by atoms with van der Waals surface area (Å²) in [6.45, 7) is 8.41. The fourth-order valence-electron chi connectivity index (χ4n) is 4.12. The molecule has 2 aliphatic rings. The van der Waals surface area contributed by atoms with Crippen LogP contribution >= 0.6 is 11.3 Å². The summed E-state index contributed by atoms with van der Waals surface area (Å²) in [6.07, 6.45) is 1.67. The number of urea groups is 1. The quantitative estimate of drug-likeness (QED) is 0.795. The zero-order valence-electron chi connectivity index (χ0n) is 16.6. The average Bonchev–Trinajstić information content (AvgIpc) is 3.24. The number of imidazole rings is 1. The summed E-state index contributed by atoms with van der Waals surface area (Å²) < 4.78 is 2.19. The van der Waals surface area contributed by atoms with Gasteiger partial charge in [-0.05, 0) is 40.5 Å². The molecule has 2 aromatic rings. The number of hydrogen-bond acceptors (Lipinski definition) is 5. The van der Waals surface area contributed by atoms with E-state index in [1.807, 2.05) is 6.92 Å². The molecule has 0 radical (unpaired) electrons. The molecule has 150 valence electrons. The summed E-state index contributed by atoms with van der Waals surface area (Å²) >= 11 is 1.72. The summed E-state index contributed by atoms with van der Waals surface area (Å²) in [6, 6.07) is -0.498. The summed E-state index contributed by atoms with van der Waals surface area (Å²) in [5, 5.41) is 4.75. The lowest BCUT2D eigenvalue weighted by atomic mass is 9.94. The lowest BCUT2D eigenvalue weighted by molar-refractivity contribution is -0.139. The Morgan fingerprint density at radius 2 is 1.96 bits per heavy atom. The molecule has 0 spiro atoms. The van der Waals surface area contributed by atoms with Crippen LogP contribution in [0.1, 0.15) is 49.8 Å². The van der Waals surface area contributed by atoms with Crippen LogP contribution in [-0.2, 0) is 9.59 Å². The van der Waals surface area contributed by atoms with Crippen molar-refractivity contribution in [1.82, 2.24) is 24.5 Å². The Balaban J connectivity index is 1.41. The fraction of sp³-hybridized carbons (Fsp3) is 0.579. The van der Waals surface area contributed by atoms with E-state index < -0.39 is 11.6 Å². The largest absolute Gasteiger partial charge is 0.341 e. The topological polar surface area (TPSA) is 87.0 Å². The second kappa shape index (κ2) is 6.58. The molecule has 0 bridgehead atoms. The van der Waals surface area contributed by atoms with E-state index in [0.29, 0.717) is 19.0 Å². The molecular formula is C19H25N5O3S. The van der Waals surface area contributed by atoms with Crippen molar-refractivity contribution in [1.29, 1.82) is 0 Å². The number of carbonyl (C=O) groups is 3. The normalized spacial score (nSPS) is 20.3. The van der Waals surface area contributed by atoms with Crippen LogP contribution in [0.2, 0.25) is 0 Å². The minimum atomic E-state index is -0.951. The maximum atomic E-state index is 12.7. The first-order valence-corrected chi connectivity index (χ1v) is 10.4. The van der Waals surface area contributed by atoms with Crippen LogP contribution in [-0.4, -0.2) is 62.2 Å². The lowest BCUT2D eigenvalue weighted by Crippen LogP contribution is -2.46. The van der Waals surface area contributed by atoms with Crippen LogP contribution in [0.4, 0.5) is 4.79 Å². The number of aryl methyl sites for hydroxylation is 2. The molecule has 9 heteroatoms. The Kier molecular flexibility index (Phi) is 4.45. The fourth-order valence-corrected chi connectivity index (χ4v) is 5.22. The molecule has 4 amide bonds. The van der Waals surface area contributed by atoms with E-state index in [1.54, 1.807) is 30.1 Å². The predicted octanol–water partition coefficient (Wildman–Crippen LogP) is 2.05. The second-order valence-electron chi connectivity index (χ2n) is 8.16. The van der Waals surface area contributed by atoms with Crippen molar-refractivity contribution in [3.8, 4) is 0 Å². The van der Waals surface area contributed by atoms with E-state index in [-0.39, 0.29) is 18.4 Å². The van der Waals surface area contributed by atoms with E-state index in [4.69, 9.17) is 4.98 Å². The molecule has 8 nitrogen and oxygen atoms in total. The van der Waals surface area contributed by atoms with Crippen molar-refractivity contribution in [3.63, 3.8) is 0 Å². The monoisotopic (exact) mass is 403 g/mol. The Morgan fingerprint density at radius 1 is 1.29 bits per heavy atom. The van der Waals surface area contributed by atoms with Gasteiger partial charge in [-0.2, -0.15) is 0 Å². The van der Waals surface area contributed by atoms with Crippen molar-refractivity contribution in [3.05, 3.63) is 22.6 Å². The molecule has 4 rings (SSSR count). The summed E-state index contributed by atoms with van der Waals surface area (Å²) in [5.74, 6) is 0.785. The summed E-state index contributed by atoms with van der Waals surface area (Å²) in [4.78, 5) is 45.7. The number of aromatic nitrogens is 2. The maximum absolute atomic E-state index is 12.7. The number of thiazole rings is 1. The molecule has 1 N–H and O–H groups in total. The number of carbonyl (C=O) groups excluding carboxylic acids is 3. The Bertz CT molecular complexity index is 968. The highest BCUT2D eigenvalue weighted by Gasteiger charge is 2.45. The Labute approximate surface area is 167 Å². The minimum absolute atomic E-state index is 0.183. The van der Waals surface area contributed by atoms with Gasteiger partial charge in [-0.1, -0.05) is 0 Å². The highest BCUT2D eigenvalue weighted by Crippen LogP contribution is 2.34. The third-order valence-corrected chi connectivity index (χ3v) is 6.77. The molecule has 0 atom stereocenters. The third kappa shape index (κ3) is 2.97. The first kappa shape index (κ1) is 18.9. The summed E-state index contributed by atoms with van der Waals surface area (Å²) in [5.41, 5.74) is 1.37. The third-order valence-electron chi connectivity index (χ3n) is 5.69. The molecule has 2 fully saturated rings. The average molecular weight is 404 g/mol. The van der Waals surface area contributed by atoms with Crippen LogP contribution in [0.15, 0.2) is 5.38 Å². The Morgan fingerprint density at radius 3 is 2.57 bits per heavy atom. The molecule has 2 saturated heterocycles. The molecular weight excluding hydrogens is 378 g/mol. The van der Waals surface area contributed by atoms with Gasteiger partial charge in [0, 0.05) is 30.1 Å². The molecule has 0 saturated carbocycles. The molecule has 0 aromatic carbocycles. The number of imide groups is 1. The zero-order chi connectivity index (χ0) is 20.2. The Hall–Kier alpha value is -2.42. The first-order valence-electron chi connectivity index (χ1n) is 9.54. The number of fused-ring (bicyclic) bond motifs is 1. The SMILES string of the molecule is Cc1csc2c(C3CCN(C(=O)CN4C(=O)NC(C)(C)C4=O)CC3)nc(C)n12. The van der Waals surface area contributed by atoms with E-state index in [2.05, 4.69) is 22.0 Å². The standard InChI is InChI=1S/C19H25N5O3S/c1-11-10-28-16-15(20-12(2)24(11)16)13-5-7-22(8-6-13)14(25)9-23-17(26)19(3,4)21-18(23)27/h10,13H,5-9H2,1-4H3,(H,21,27). The van der Waals surface area contributed by atoms with Gasteiger partial charge >= 0.3 is 6.03 Å². The van der Waals surface area contributed by atoms with Gasteiger partial charge in [0.25, 0.3) is 5.91 Å². The summed E-state index contributed by atoms with van der Waals surface area (Å²) in [7, 11) is 0. The van der Waals surface area contributed by atoms with Gasteiger partial charge in [-0.3, -0.25) is 18.9 Å². The van der Waals surface area contributed by atoms with E-state index >= 15 is 0 Å². The molecule has 0 unspecified atom stereocenters. The number of rotatable bonds is 3. The maximum Gasteiger partial charge on any atom is 0.325 e. The molecule has 2 aromatic heterocycles. The number of nitrogens with one attached hydrogen (secondary N) is 1. The zero-order valence-corrected chi connectivity index (χ0v) is 17.4. The van der Waals surface area contributed by atoms with Crippen LogP contribution in [0.5, 0.6) is 0 Å². The predicted molar refractivity (Wildman–Crippen MR) is 105 cm³/mol. The molecule has 4 heterocycles. The second-order valence-corrected chi connectivity index (χ2v) is 9.02. The van der Waals surface area contributed by atoms with Gasteiger partial charge in [-0.15, -0.1) is 11.3 Å². The first-order chi connectivity index (χ1) is 13.2. The number of piperidine rings is 1. The highest BCUT2D eigenvalue weighted by atomic mass is 32.1. The molecule has 0 aliphatic carbocycles. The van der Waals surface area contributed by atoms with Gasteiger partial charge in [0.15, 0.2) is 0 Å². The highest BCUT2D eigenvalue weighted by molar-refractivity contribution is 7.15. The van der Waals surface area contributed by atoms with Crippen LogP contribution in [0, 0.1) is 13.8 Å². The lowest BCUT2D eigenvalue weighted by Gasteiger charge is -2.32. The van der Waals surface area contributed by atoms with Crippen LogP contribution in [0.25, 0.3) is 4.83 Å². The van der Waals surface area contributed by atoms with Crippen molar-refractivity contribution < 1.29 is 14.4 Å². The van der Waals surface area contributed by atoms with Crippen molar-refractivity contribution in [2.75, 3.05) is 19.6 Å². The number of hydrogen-bond donors (Lipinski definition) is 1. The molecule has 28 heavy (non-hydrogen) atoms. The van der Waals surface area contributed by atoms with Crippen molar-refractivity contribution >= 4 is 34.0 Å². The molecule has 2 aliphatic heterocycles. The number of likely N-dealkylation sites (tertiary alicyclic amines) is 1. The van der Waals surface area contributed by atoms with E-state index in [0.717, 1.165) is 29.3 Å². The van der Waals surface area contributed by atoms with Crippen molar-refractivity contribution in [2.24, 2.45) is 0 Å². The van der Waals surface area contributed by atoms with Crippen LogP contribution < -0.4 is 5.32 Å². The van der Waals surface area contributed by atoms with Gasteiger partial charge in [-0.25, -0.2) is 9.78 Å². The van der Waals surface area contributed by atoms with Gasteiger partial charge < -0.3 is 10.2 Å². The minimum Gasteiger partial charge on any atom is -0.341 e.